The molecule has 12 heavy (non-hydrogen) atoms. The zero-order chi connectivity index (χ0) is 9.14. The van der Waals surface area contributed by atoms with Crippen LogP contribution in [0.3, 0.4) is 0 Å². The molecule has 1 aromatic rings. The molecule has 66 valence electrons. The maximum absolute atomic E-state index is 10.6. The largest absolute Gasteiger partial charge is 0.481 e. The molecule has 0 bridgehead atoms. The van der Waals surface area contributed by atoms with E-state index in [1.54, 1.807) is 19.1 Å². The van der Waals surface area contributed by atoms with Gasteiger partial charge < -0.3 is 15.3 Å². The summed E-state index contributed by atoms with van der Waals surface area (Å²) in [4.78, 5) is 10.6. The van der Waals surface area contributed by atoms with Crippen LogP contribution >= 0.6 is 0 Å². The molecule has 1 atom stereocenters. The molecule has 1 rings (SSSR count). The Morgan fingerprint density at radius 3 is 2.75 bits per heavy atom. The van der Waals surface area contributed by atoms with Gasteiger partial charge in [-0.1, -0.05) is 0 Å². The summed E-state index contributed by atoms with van der Waals surface area (Å²) in [7, 11) is 0. The lowest BCUT2D eigenvalue weighted by atomic mass is 10.1. The first-order valence-electron chi connectivity index (χ1n) is 3.64. The van der Waals surface area contributed by atoms with Crippen molar-refractivity contribution < 1.29 is 14.3 Å². The number of rotatable bonds is 3. The molecular formula is C8H11NO3. The Morgan fingerprint density at radius 2 is 2.42 bits per heavy atom. The van der Waals surface area contributed by atoms with Gasteiger partial charge in [0.05, 0.1) is 0 Å². The summed E-state index contributed by atoms with van der Waals surface area (Å²) in [5.41, 5.74) is 5.27. The molecular weight excluding hydrogens is 158 g/mol. The Bertz CT molecular complexity index is 280. The van der Waals surface area contributed by atoms with Gasteiger partial charge in [0.15, 0.2) is 0 Å². The van der Waals surface area contributed by atoms with Crippen molar-refractivity contribution in [2.24, 2.45) is 5.73 Å². The Labute approximate surface area is 70.0 Å². The summed E-state index contributed by atoms with van der Waals surface area (Å²) in [6.45, 7) is 1.82. The molecule has 0 radical (unpaired) electrons. The third-order valence-corrected chi connectivity index (χ3v) is 1.64. The number of carboxylic acids is 1. The summed E-state index contributed by atoms with van der Waals surface area (Å²) in [5.74, 6) is -0.558. The first-order valence-corrected chi connectivity index (χ1v) is 3.64. The number of carbonyl (C=O) groups is 1. The standard InChI is InChI=1S/C8H11NO3/c1-5-2-3-7(12-5)6(4-9)8(10)11/h2-3,6H,4,9H2,1H3,(H,10,11). The molecule has 0 amide bonds. The van der Waals surface area contributed by atoms with Gasteiger partial charge in [-0.15, -0.1) is 0 Å². The molecule has 4 heteroatoms. The van der Waals surface area contributed by atoms with Gasteiger partial charge in [-0.2, -0.15) is 0 Å². The predicted molar refractivity (Wildman–Crippen MR) is 42.9 cm³/mol. The number of hydrogen-bond acceptors (Lipinski definition) is 3. The zero-order valence-electron chi connectivity index (χ0n) is 6.78. The van der Waals surface area contributed by atoms with Crippen LogP contribution in [0.4, 0.5) is 0 Å². The molecule has 0 spiro atoms. The Morgan fingerprint density at radius 1 is 1.75 bits per heavy atom. The van der Waals surface area contributed by atoms with E-state index in [-0.39, 0.29) is 6.54 Å². The van der Waals surface area contributed by atoms with Crippen molar-refractivity contribution in [2.45, 2.75) is 12.8 Å². The molecule has 1 heterocycles. The molecule has 0 saturated carbocycles. The molecule has 1 aromatic heterocycles. The molecule has 0 fully saturated rings. The number of aryl methyl sites for hydroxylation is 1. The zero-order valence-corrected chi connectivity index (χ0v) is 6.78. The number of nitrogens with two attached hydrogens (primary N) is 1. The van der Waals surface area contributed by atoms with Crippen LogP contribution in [0.2, 0.25) is 0 Å². The van der Waals surface area contributed by atoms with Crippen LogP contribution in [0, 0.1) is 6.92 Å². The Hall–Kier alpha value is -1.29. The highest BCUT2D eigenvalue weighted by Gasteiger charge is 2.20. The number of furan rings is 1. The van der Waals surface area contributed by atoms with Crippen molar-refractivity contribution in [3.8, 4) is 0 Å². The van der Waals surface area contributed by atoms with Crippen LogP contribution in [-0.2, 0) is 4.79 Å². The molecule has 0 aromatic carbocycles. The van der Waals surface area contributed by atoms with Crippen LogP contribution in [0.25, 0.3) is 0 Å². The minimum Gasteiger partial charge on any atom is -0.481 e. The predicted octanol–water partition coefficient (Wildman–Crippen LogP) is 0.715. The van der Waals surface area contributed by atoms with Gasteiger partial charge in [0, 0.05) is 6.54 Å². The third-order valence-electron chi connectivity index (χ3n) is 1.64. The fourth-order valence-electron chi connectivity index (χ4n) is 0.979. The van der Waals surface area contributed by atoms with Crippen molar-refractivity contribution in [3.05, 3.63) is 23.7 Å². The molecule has 0 aliphatic carbocycles. The quantitative estimate of drug-likeness (QED) is 0.698. The van der Waals surface area contributed by atoms with Gasteiger partial charge in [0.2, 0.25) is 0 Å². The van der Waals surface area contributed by atoms with E-state index in [1.165, 1.54) is 0 Å². The first kappa shape index (κ1) is 8.80. The summed E-state index contributed by atoms with van der Waals surface area (Å²) >= 11 is 0. The first-order chi connectivity index (χ1) is 5.65. The van der Waals surface area contributed by atoms with Gasteiger partial charge in [-0.05, 0) is 19.1 Å². The van der Waals surface area contributed by atoms with E-state index in [0.717, 1.165) is 0 Å². The highest BCUT2D eigenvalue weighted by Crippen LogP contribution is 2.17. The van der Waals surface area contributed by atoms with Gasteiger partial charge in [-0.3, -0.25) is 4.79 Å². The summed E-state index contributed by atoms with van der Waals surface area (Å²) in [5, 5.41) is 8.70. The minimum atomic E-state index is -0.952. The van der Waals surface area contributed by atoms with Crippen LogP contribution in [0.5, 0.6) is 0 Å². The van der Waals surface area contributed by atoms with E-state index in [2.05, 4.69) is 0 Å². The number of hydrogen-bond donors (Lipinski definition) is 2. The molecule has 0 aliphatic rings. The van der Waals surface area contributed by atoms with Gasteiger partial charge in [0.25, 0.3) is 0 Å². The number of carboxylic acid groups (broad SMARTS) is 1. The second kappa shape index (κ2) is 3.40. The van der Waals surface area contributed by atoms with Crippen LogP contribution in [-0.4, -0.2) is 17.6 Å². The van der Waals surface area contributed by atoms with E-state index in [4.69, 9.17) is 15.3 Å². The number of aliphatic carboxylic acids is 1. The Balaban J connectivity index is 2.87. The van der Waals surface area contributed by atoms with E-state index < -0.39 is 11.9 Å². The average molecular weight is 169 g/mol. The maximum Gasteiger partial charge on any atom is 0.315 e. The second-order valence-corrected chi connectivity index (χ2v) is 2.57. The molecule has 4 nitrogen and oxygen atoms in total. The highest BCUT2D eigenvalue weighted by molar-refractivity contribution is 5.75. The summed E-state index contributed by atoms with van der Waals surface area (Å²) in [6, 6.07) is 3.36. The van der Waals surface area contributed by atoms with E-state index in [9.17, 15) is 4.79 Å². The van der Waals surface area contributed by atoms with Gasteiger partial charge >= 0.3 is 5.97 Å². The van der Waals surface area contributed by atoms with E-state index in [1.807, 2.05) is 0 Å². The molecule has 0 aliphatic heterocycles. The monoisotopic (exact) mass is 169 g/mol. The van der Waals surface area contributed by atoms with Crippen molar-refractivity contribution >= 4 is 5.97 Å². The molecule has 0 saturated heterocycles. The van der Waals surface area contributed by atoms with Crippen LogP contribution in [0.1, 0.15) is 17.4 Å². The summed E-state index contributed by atoms with van der Waals surface area (Å²) in [6.07, 6.45) is 0. The fourth-order valence-corrected chi connectivity index (χ4v) is 0.979. The lowest BCUT2D eigenvalue weighted by molar-refractivity contribution is -0.138. The van der Waals surface area contributed by atoms with Crippen LogP contribution < -0.4 is 5.73 Å². The van der Waals surface area contributed by atoms with Crippen molar-refractivity contribution in [3.63, 3.8) is 0 Å². The average Bonchev–Trinajstić information content (AvgIpc) is 2.37. The Kier molecular flexibility index (Phi) is 2.50. The lowest BCUT2D eigenvalue weighted by Crippen LogP contribution is -2.20. The van der Waals surface area contributed by atoms with Crippen molar-refractivity contribution in [1.29, 1.82) is 0 Å². The topological polar surface area (TPSA) is 76.5 Å². The second-order valence-electron chi connectivity index (χ2n) is 2.57. The summed E-state index contributed by atoms with van der Waals surface area (Å²) < 4.78 is 5.14. The SMILES string of the molecule is Cc1ccc(C(CN)C(=O)O)o1. The minimum absolute atomic E-state index is 0.0578. The smallest absolute Gasteiger partial charge is 0.315 e. The molecule has 1 unspecified atom stereocenters. The van der Waals surface area contributed by atoms with Crippen LogP contribution in [0.15, 0.2) is 16.5 Å². The fraction of sp³-hybridized carbons (Fsp3) is 0.375. The van der Waals surface area contributed by atoms with E-state index >= 15 is 0 Å². The van der Waals surface area contributed by atoms with Gasteiger partial charge in [-0.25, -0.2) is 0 Å². The maximum atomic E-state index is 10.6. The van der Waals surface area contributed by atoms with Crippen molar-refractivity contribution in [2.75, 3.05) is 6.54 Å². The molecule has 3 N–H and O–H groups in total. The third kappa shape index (κ3) is 1.65. The van der Waals surface area contributed by atoms with E-state index in [0.29, 0.717) is 11.5 Å². The van der Waals surface area contributed by atoms with Gasteiger partial charge in [0.1, 0.15) is 17.4 Å². The van der Waals surface area contributed by atoms with Crippen molar-refractivity contribution in [1.82, 2.24) is 0 Å². The lowest BCUT2D eigenvalue weighted by Gasteiger charge is -2.04. The highest BCUT2D eigenvalue weighted by atomic mass is 16.4. The normalized spacial score (nSPS) is 12.8.